The molecule has 0 unspecified atom stereocenters. The molecule has 0 aliphatic carbocycles. The van der Waals surface area contributed by atoms with E-state index in [4.69, 9.17) is 5.48 Å². The van der Waals surface area contributed by atoms with Gasteiger partial charge in [0.25, 0.3) is 0 Å². The molecule has 1 nitrogen and oxygen atoms in total. The Morgan fingerprint density at radius 2 is 1.64 bits per heavy atom. The molecule has 0 N–H and O–H groups in total. The zero-order chi connectivity index (χ0) is 21.6. The SMILES string of the molecule is [2H]C([2H])([2H])c1cc(C)c(-c2cc(C)c(C([2H])(C)C)c[n+]2C)cc1-c1ccccc1. The first-order valence-electron chi connectivity index (χ1n) is 10.6. The second-order valence-corrected chi connectivity index (χ2v) is 6.95. The Bertz CT molecular complexity index is 1050. The second-order valence-electron chi connectivity index (χ2n) is 6.95. The molecule has 0 aliphatic heterocycles. The van der Waals surface area contributed by atoms with Gasteiger partial charge in [0.05, 0.1) is 0 Å². The van der Waals surface area contributed by atoms with E-state index < -0.39 is 12.7 Å². The summed E-state index contributed by atoms with van der Waals surface area (Å²) in [6.45, 7) is 5.57. The lowest BCUT2D eigenvalue weighted by Gasteiger charge is -2.14. The van der Waals surface area contributed by atoms with Crippen LogP contribution in [0.1, 0.15) is 47.5 Å². The summed E-state index contributed by atoms with van der Waals surface area (Å²) >= 11 is 0. The molecule has 1 heterocycles. The molecule has 0 radical (unpaired) electrons. The highest BCUT2D eigenvalue weighted by Crippen LogP contribution is 2.32. The van der Waals surface area contributed by atoms with Gasteiger partial charge in [-0.3, -0.25) is 0 Å². The van der Waals surface area contributed by atoms with Crippen LogP contribution in [-0.2, 0) is 7.05 Å². The summed E-state index contributed by atoms with van der Waals surface area (Å²) in [6.07, 6.45) is 2.01. The highest BCUT2D eigenvalue weighted by atomic mass is 14.9. The molecule has 0 amide bonds. The highest BCUT2D eigenvalue weighted by molar-refractivity contribution is 5.75. The zero-order valence-corrected chi connectivity index (χ0v) is 15.6. The van der Waals surface area contributed by atoms with Crippen molar-refractivity contribution in [1.82, 2.24) is 0 Å². The van der Waals surface area contributed by atoms with Gasteiger partial charge in [-0.05, 0) is 60.5 Å². The number of nitrogens with zero attached hydrogens (tertiary/aromatic N) is 1. The molecule has 3 aromatic rings. The number of hydrogen-bond donors (Lipinski definition) is 0. The lowest BCUT2D eigenvalue weighted by molar-refractivity contribution is -0.660. The first-order valence-corrected chi connectivity index (χ1v) is 8.61. The minimum atomic E-state index is -2.19. The largest absolute Gasteiger partial charge is 0.212 e. The van der Waals surface area contributed by atoms with Crippen LogP contribution < -0.4 is 4.57 Å². The molecule has 0 fully saturated rings. The molecule has 3 rings (SSSR count). The molecule has 1 heteroatoms. The monoisotopic (exact) mass is 334 g/mol. The summed E-state index contributed by atoms with van der Waals surface area (Å²) in [5, 5.41) is 0. The summed E-state index contributed by atoms with van der Waals surface area (Å²) < 4.78 is 34.5. The third-order valence-electron chi connectivity index (χ3n) is 4.74. The van der Waals surface area contributed by atoms with Crippen molar-refractivity contribution in [2.24, 2.45) is 7.05 Å². The fourth-order valence-corrected chi connectivity index (χ4v) is 3.38. The maximum atomic E-state index is 8.40. The molecule has 128 valence electrons. The number of aromatic nitrogens is 1. The molecule has 0 aliphatic rings. The summed E-state index contributed by atoms with van der Waals surface area (Å²) in [6, 6.07) is 15.5. The maximum Gasteiger partial charge on any atom is 0.212 e. The van der Waals surface area contributed by atoms with E-state index in [0.717, 1.165) is 39.1 Å². The van der Waals surface area contributed by atoms with E-state index in [1.807, 2.05) is 81.9 Å². The summed E-state index contributed by atoms with van der Waals surface area (Å²) in [7, 11) is 1.98. The fourth-order valence-electron chi connectivity index (χ4n) is 3.38. The van der Waals surface area contributed by atoms with Crippen molar-refractivity contribution in [2.45, 2.75) is 40.4 Å². The van der Waals surface area contributed by atoms with E-state index >= 15 is 0 Å². The van der Waals surface area contributed by atoms with Crippen molar-refractivity contribution >= 4 is 0 Å². The molecular formula is C24H28N+. The summed E-state index contributed by atoms with van der Waals surface area (Å²) in [5.41, 5.74) is 6.94. The van der Waals surface area contributed by atoms with Gasteiger partial charge in [0.1, 0.15) is 7.05 Å². The maximum absolute atomic E-state index is 8.40. The lowest BCUT2D eigenvalue weighted by Crippen LogP contribution is -2.32. The molecule has 0 atom stereocenters. The topological polar surface area (TPSA) is 3.88 Å². The molecule has 0 saturated heterocycles. The van der Waals surface area contributed by atoms with Crippen LogP contribution in [-0.4, -0.2) is 0 Å². The standard InChI is InChI=1S/C24H28N/c1-16(2)23-15-25(6)24(13-19(23)5)22-14-21(17(3)12-18(22)4)20-10-8-7-9-11-20/h7-16H,1-6H3/q+1/i3D3,16D. The second kappa shape index (κ2) is 6.84. The van der Waals surface area contributed by atoms with E-state index in [1.54, 1.807) is 6.07 Å². The minimum absolute atomic E-state index is 0.369. The predicted octanol–water partition coefficient (Wildman–Crippen LogP) is 5.89. The molecule has 0 saturated carbocycles. The first-order chi connectivity index (χ1) is 13.4. The Kier molecular flexibility index (Phi) is 3.52. The molecule has 25 heavy (non-hydrogen) atoms. The third kappa shape index (κ3) is 3.37. The number of aryl methyl sites for hydroxylation is 4. The van der Waals surface area contributed by atoms with E-state index in [9.17, 15) is 0 Å². The summed E-state index contributed by atoms with van der Waals surface area (Å²) in [4.78, 5) is 0. The van der Waals surface area contributed by atoms with Gasteiger partial charge in [0.2, 0.25) is 5.69 Å². The molecule has 0 bridgehead atoms. The quantitative estimate of drug-likeness (QED) is 0.525. The van der Waals surface area contributed by atoms with Crippen LogP contribution in [0.5, 0.6) is 0 Å². The zero-order valence-electron chi connectivity index (χ0n) is 19.6. The fraction of sp³-hybridized carbons (Fsp3) is 0.292. The highest BCUT2D eigenvalue weighted by Gasteiger charge is 2.18. The number of hydrogen-bond acceptors (Lipinski definition) is 0. The normalized spacial score (nSPS) is 14.4. The van der Waals surface area contributed by atoms with Crippen molar-refractivity contribution in [1.29, 1.82) is 0 Å². The van der Waals surface area contributed by atoms with Crippen LogP contribution in [0.15, 0.2) is 54.7 Å². The van der Waals surface area contributed by atoms with E-state index in [2.05, 4.69) is 6.07 Å². The average Bonchev–Trinajstić information content (AvgIpc) is 2.62. The Morgan fingerprint density at radius 1 is 0.920 bits per heavy atom. The smallest absolute Gasteiger partial charge is 0.201 e. The van der Waals surface area contributed by atoms with Gasteiger partial charge in [0, 0.05) is 22.7 Å². The van der Waals surface area contributed by atoms with Crippen LogP contribution in [0.25, 0.3) is 22.4 Å². The van der Waals surface area contributed by atoms with Crippen LogP contribution in [0, 0.1) is 20.7 Å². The van der Waals surface area contributed by atoms with Crippen LogP contribution in [0.4, 0.5) is 0 Å². The van der Waals surface area contributed by atoms with Gasteiger partial charge in [0.15, 0.2) is 6.20 Å². The van der Waals surface area contributed by atoms with Crippen molar-refractivity contribution < 1.29 is 10.1 Å². The Balaban J connectivity index is 2.28. The van der Waals surface area contributed by atoms with Gasteiger partial charge in [-0.1, -0.05) is 50.2 Å². The Labute approximate surface area is 157 Å². The first kappa shape index (κ1) is 12.9. The number of rotatable bonds is 3. The number of benzene rings is 2. The molecule has 2 aromatic carbocycles. The van der Waals surface area contributed by atoms with Crippen LogP contribution >= 0.6 is 0 Å². The van der Waals surface area contributed by atoms with Crippen molar-refractivity contribution in [2.75, 3.05) is 0 Å². The van der Waals surface area contributed by atoms with Crippen LogP contribution in [0.3, 0.4) is 0 Å². The van der Waals surface area contributed by atoms with Gasteiger partial charge in [-0.25, -0.2) is 4.57 Å². The predicted molar refractivity (Wildman–Crippen MR) is 107 cm³/mol. The van der Waals surface area contributed by atoms with Crippen molar-refractivity contribution in [3.8, 4) is 22.4 Å². The molecule has 0 spiro atoms. The van der Waals surface area contributed by atoms with Crippen molar-refractivity contribution in [3.05, 3.63) is 77.0 Å². The van der Waals surface area contributed by atoms with Gasteiger partial charge < -0.3 is 0 Å². The lowest BCUT2D eigenvalue weighted by atomic mass is 9.92. The minimum Gasteiger partial charge on any atom is -0.201 e. The molecular weight excluding hydrogens is 302 g/mol. The van der Waals surface area contributed by atoms with Gasteiger partial charge in [-0.2, -0.15) is 0 Å². The average molecular weight is 335 g/mol. The summed E-state index contributed by atoms with van der Waals surface area (Å²) in [5.74, 6) is -0.685. The third-order valence-corrected chi connectivity index (χ3v) is 4.74. The Hall–Kier alpha value is -2.41. The van der Waals surface area contributed by atoms with E-state index in [0.29, 0.717) is 5.56 Å². The van der Waals surface area contributed by atoms with Crippen LogP contribution in [0.2, 0.25) is 0 Å². The number of pyridine rings is 1. The van der Waals surface area contributed by atoms with E-state index in [1.165, 1.54) is 0 Å². The molecule has 1 aromatic heterocycles. The van der Waals surface area contributed by atoms with Gasteiger partial charge in [-0.15, -0.1) is 0 Å². The Morgan fingerprint density at radius 3 is 2.28 bits per heavy atom. The van der Waals surface area contributed by atoms with E-state index in [-0.39, 0.29) is 0 Å². The van der Waals surface area contributed by atoms with Crippen molar-refractivity contribution in [3.63, 3.8) is 0 Å². The van der Waals surface area contributed by atoms with Gasteiger partial charge >= 0.3 is 0 Å².